The first-order valence-corrected chi connectivity index (χ1v) is 8.68. The zero-order chi connectivity index (χ0) is 17.5. The molecule has 0 atom stereocenters. The lowest BCUT2D eigenvalue weighted by molar-refractivity contribution is 0.00578. The quantitative estimate of drug-likeness (QED) is 0.785. The van der Waals surface area contributed by atoms with Gasteiger partial charge in [0, 0.05) is 0 Å². The lowest BCUT2D eigenvalue weighted by Crippen LogP contribution is -2.41. The lowest BCUT2D eigenvalue weighted by Gasteiger charge is -2.32. The molecule has 0 spiro atoms. The lowest BCUT2D eigenvalue weighted by atomic mass is 9.79. The average molecular weight is 333 g/mol. The van der Waals surface area contributed by atoms with Crippen LogP contribution in [0.3, 0.4) is 0 Å². The van der Waals surface area contributed by atoms with E-state index in [1.165, 1.54) is 6.07 Å². The topological polar surface area (TPSA) is 30.9 Å². The molecule has 0 aliphatic carbocycles. The molecule has 24 heavy (non-hydrogen) atoms. The summed E-state index contributed by atoms with van der Waals surface area (Å²) in [5.41, 5.74) is -0.184. The van der Waals surface area contributed by atoms with Crippen molar-refractivity contribution >= 4 is 20.6 Å². The van der Waals surface area contributed by atoms with Crippen LogP contribution in [-0.2, 0) is 9.31 Å². The normalized spacial score (nSPS) is 24.3. The van der Waals surface area contributed by atoms with Crippen LogP contribution in [0.25, 0.3) is 0 Å². The number of nitrogens with zero attached hydrogens (tertiary/aromatic N) is 1. The third kappa shape index (κ3) is 3.48. The van der Waals surface area contributed by atoms with Crippen LogP contribution in [-0.4, -0.2) is 50.3 Å². The Balaban J connectivity index is 1.69. The van der Waals surface area contributed by atoms with Crippen LogP contribution in [0.2, 0.25) is 0 Å². The predicted molar refractivity (Wildman–Crippen MR) is 95.9 cm³/mol. The molecule has 0 aromatic heterocycles. The summed E-state index contributed by atoms with van der Waals surface area (Å²) < 4.78 is 32.3. The molecule has 0 unspecified atom stereocenters. The highest BCUT2D eigenvalue weighted by atomic mass is 19.1. The van der Waals surface area contributed by atoms with Crippen LogP contribution >= 0.6 is 0 Å². The van der Waals surface area contributed by atoms with E-state index in [9.17, 15) is 4.39 Å². The number of ether oxygens (including phenoxy) is 1. The smallest absolute Gasteiger partial charge is 0.487 e. The predicted octanol–water partition coefficient (Wildman–Crippen LogP) is 1.52. The van der Waals surface area contributed by atoms with E-state index >= 15 is 0 Å². The minimum absolute atomic E-state index is 0.0818. The van der Waals surface area contributed by atoms with E-state index in [4.69, 9.17) is 14.0 Å². The number of piperidine rings is 1. The van der Waals surface area contributed by atoms with Crippen LogP contribution in [0, 0.1) is 5.82 Å². The maximum Gasteiger partial charge on any atom is 0.494 e. The van der Waals surface area contributed by atoms with E-state index in [-0.39, 0.29) is 11.9 Å². The van der Waals surface area contributed by atoms with Gasteiger partial charge in [0.15, 0.2) is 19.5 Å². The number of hydrogen-bond donors (Lipinski definition) is 0. The summed E-state index contributed by atoms with van der Waals surface area (Å²) in [5.74, 6) is -0.0500. The standard InChI is InChI=1S/C17H26B2FNO3/c1-16(2)17(3,4)24-19(23-16)12-5-6-15(14(20)11-12)22-13-7-9-21(18)10-8-13/h5-6,11,13H,7-10,18H2,1-4H3. The van der Waals surface area contributed by atoms with Crippen molar-refractivity contribution in [2.45, 2.75) is 57.8 Å². The van der Waals surface area contributed by atoms with Gasteiger partial charge in [0.2, 0.25) is 0 Å². The second-order valence-electron chi connectivity index (χ2n) is 7.90. The fourth-order valence-electron chi connectivity index (χ4n) is 3.02. The van der Waals surface area contributed by atoms with E-state index in [0.29, 0.717) is 11.2 Å². The van der Waals surface area contributed by atoms with Gasteiger partial charge in [-0.1, -0.05) is 6.07 Å². The summed E-state index contributed by atoms with van der Waals surface area (Å²) in [6.45, 7) is 9.92. The van der Waals surface area contributed by atoms with Gasteiger partial charge in [0.1, 0.15) is 6.10 Å². The molecule has 0 bridgehead atoms. The number of rotatable bonds is 3. The van der Waals surface area contributed by atoms with E-state index in [2.05, 4.69) is 12.8 Å². The Kier molecular flexibility index (Phi) is 4.71. The van der Waals surface area contributed by atoms with Crippen molar-refractivity contribution in [3.8, 4) is 5.75 Å². The minimum Gasteiger partial charge on any atom is -0.487 e. The van der Waals surface area contributed by atoms with Crippen LogP contribution in [0.15, 0.2) is 18.2 Å². The van der Waals surface area contributed by atoms with E-state index in [1.54, 1.807) is 6.07 Å². The first-order valence-electron chi connectivity index (χ1n) is 8.68. The molecule has 0 radical (unpaired) electrons. The van der Waals surface area contributed by atoms with Crippen molar-refractivity contribution in [3.63, 3.8) is 0 Å². The Hall–Kier alpha value is -1.04. The SMILES string of the molecule is BN1CCC(Oc2ccc(B3OC(C)(C)C(C)(C)O3)cc2F)CC1. The third-order valence-corrected chi connectivity index (χ3v) is 5.44. The Morgan fingerprint density at radius 2 is 1.75 bits per heavy atom. The van der Waals surface area contributed by atoms with Crippen molar-refractivity contribution in [2.75, 3.05) is 13.1 Å². The number of hydrogen-bond acceptors (Lipinski definition) is 4. The van der Waals surface area contributed by atoms with Crippen molar-refractivity contribution in [1.29, 1.82) is 0 Å². The van der Waals surface area contributed by atoms with Gasteiger partial charge in [-0.15, -0.1) is 0 Å². The Labute approximate surface area is 145 Å². The second-order valence-corrected chi connectivity index (χ2v) is 7.90. The highest BCUT2D eigenvalue weighted by molar-refractivity contribution is 6.62. The van der Waals surface area contributed by atoms with Crippen LogP contribution in [0.5, 0.6) is 5.75 Å². The number of benzene rings is 1. The van der Waals surface area contributed by atoms with Crippen LogP contribution in [0.4, 0.5) is 4.39 Å². The Morgan fingerprint density at radius 1 is 1.17 bits per heavy atom. The summed E-state index contributed by atoms with van der Waals surface area (Å²) in [4.78, 5) is 2.26. The zero-order valence-corrected chi connectivity index (χ0v) is 15.3. The van der Waals surface area contributed by atoms with Crippen molar-refractivity contribution in [1.82, 2.24) is 4.81 Å². The monoisotopic (exact) mass is 333 g/mol. The van der Waals surface area contributed by atoms with Crippen LogP contribution < -0.4 is 10.2 Å². The second kappa shape index (κ2) is 6.36. The summed E-state index contributed by atoms with van der Waals surface area (Å²) >= 11 is 0. The molecule has 7 heteroatoms. The largest absolute Gasteiger partial charge is 0.494 e. The van der Waals surface area contributed by atoms with E-state index in [0.717, 1.165) is 25.9 Å². The molecule has 0 amide bonds. The molecule has 3 rings (SSSR count). The summed E-state index contributed by atoms with van der Waals surface area (Å²) in [6.07, 6.45) is 1.93. The van der Waals surface area contributed by atoms with Crippen molar-refractivity contribution in [2.24, 2.45) is 0 Å². The first kappa shape index (κ1) is 17.8. The summed E-state index contributed by atoms with van der Waals surface area (Å²) in [6, 6.07) is 4.98. The summed E-state index contributed by atoms with van der Waals surface area (Å²) in [5, 5.41) is 0. The van der Waals surface area contributed by atoms with Gasteiger partial charge in [-0.25, -0.2) is 4.39 Å². The molecule has 2 heterocycles. The van der Waals surface area contributed by atoms with Gasteiger partial charge in [0.05, 0.1) is 11.2 Å². The zero-order valence-electron chi connectivity index (χ0n) is 15.3. The molecule has 2 fully saturated rings. The molecular weight excluding hydrogens is 307 g/mol. The highest BCUT2D eigenvalue weighted by Crippen LogP contribution is 2.36. The maximum atomic E-state index is 14.5. The fourth-order valence-corrected chi connectivity index (χ4v) is 3.02. The summed E-state index contributed by atoms with van der Waals surface area (Å²) in [7, 11) is 1.54. The molecule has 4 nitrogen and oxygen atoms in total. The van der Waals surface area contributed by atoms with Gasteiger partial charge >= 0.3 is 7.12 Å². The highest BCUT2D eigenvalue weighted by Gasteiger charge is 2.51. The molecule has 2 saturated heterocycles. The maximum absolute atomic E-state index is 14.5. The van der Waals surface area contributed by atoms with Gasteiger partial charge in [-0.2, -0.15) is 0 Å². The van der Waals surface area contributed by atoms with Gasteiger partial charge < -0.3 is 18.9 Å². The molecule has 1 aromatic carbocycles. The fraction of sp³-hybridized carbons (Fsp3) is 0.647. The molecular formula is C17H26B2FNO3. The van der Waals surface area contributed by atoms with Crippen LogP contribution in [0.1, 0.15) is 40.5 Å². The minimum atomic E-state index is -0.554. The molecule has 0 N–H and O–H groups in total. The number of halogens is 1. The van der Waals surface area contributed by atoms with Crippen molar-refractivity contribution in [3.05, 3.63) is 24.0 Å². The van der Waals surface area contributed by atoms with Gasteiger partial charge in [0.25, 0.3) is 0 Å². The molecule has 1 aromatic rings. The van der Waals surface area contributed by atoms with Gasteiger partial charge in [-0.3, -0.25) is 0 Å². The molecule has 2 aliphatic heterocycles. The Morgan fingerprint density at radius 3 is 2.29 bits per heavy atom. The molecule has 0 saturated carbocycles. The van der Waals surface area contributed by atoms with E-state index in [1.807, 2.05) is 33.8 Å². The molecule has 2 aliphatic rings. The Bertz CT molecular complexity index is 587. The third-order valence-electron chi connectivity index (χ3n) is 5.44. The molecule has 130 valence electrons. The van der Waals surface area contributed by atoms with Crippen molar-refractivity contribution < 1.29 is 18.4 Å². The van der Waals surface area contributed by atoms with E-state index < -0.39 is 18.3 Å². The average Bonchev–Trinajstić information content (AvgIpc) is 2.72. The first-order chi connectivity index (χ1) is 11.2. The van der Waals surface area contributed by atoms with Gasteiger partial charge in [-0.05, 0) is 71.2 Å².